The van der Waals surface area contributed by atoms with Crippen LogP contribution in [0.2, 0.25) is 0 Å². The van der Waals surface area contributed by atoms with Crippen molar-refractivity contribution in [2.45, 2.75) is 6.54 Å². The summed E-state index contributed by atoms with van der Waals surface area (Å²) in [6.45, 7) is 0.474. The van der Waals surface area contributed by atoms with Gasteiger partial charge in [-0.1, -0.05) is 0 Å². The first kappa shape index (κ1) is 13.7. The molecule has 3 N–H and O–H groups in total. The van der Waals surface area contributed by atoms with Crippen molar-refractivity contribution in [3.8, 4) is 0 Å². The molecule has 106 valence electrons. The first-order chi connectivity index (χ1) is 9.51. The van der Waals surface area contributed by atoms with Gasteiger partial charge in [-0.2, -0.15) is 0 Å². The van der Waals surface area contributed by atoms with Crippen LogP contribution in [-0.2, 0) is 13.6 Å². The normalized spacial score (nSPS) is 10.3. The van der Waals surface area contributed by atoms with Gasteiger partial charge in [0, 0.05) is 26.5 Å². The molecule has 0 saturated carbocycles. The van der Waals surface area contributed by atoms with Crippen LogP contribution in [0.3, 0.4) is 0 Å². The van der Waals surface area contributed by atoms with E-state index in [9.17, 15) is 10.1 Å². The van der Waals surface area contributed by atoms with Crippen molar-refractivity contribution in [3.05, 3.63) is 40.5 Å². The largest absolute Gasteiger partial charge is 0.352 e. The molecule has 0 spiro atoms. The van der Waals surface area contributed by atoms with Crippen molar-refractivity contribution in [3.63, 3.8) is 0 Å². The monoisotopic (exact) mass is 277 g/mol. The summed E-state index contributed by atoms with van der Waals surface area (Å²) in [5.41, 5.74) is 2.25. The van der Waals surface area contributed by atoms with Crippen molar-refractivity contribution in [2.75, 3.05) is 17.4 Å². The van der Waals surface area contributed by atoms with Crippen LogP contribution in [0.25, 0.3) is 0 Å². The Balaban J connectivity index is 2.29. The lowest BCUT2D eigenvalue weighted by Gasteiger charge is -2.18. The van der Waals surface area contributed by atoms with E-state index in [1.165, 1.54) is 12.1 Å². The van der Waals surface area contributed by atoms with E-state index in [4.69, 9.17) is 5.84 Å². The van der Waals surface area contributed by atoms with Crippen LogP contribution in [0.1, 0.15) is 5.82 Å². The van der Waals surface area contributed by atoms with Gasteiger partial charge in [0.05, 0.1) is 23.6 Å². The number of aryl methyl sites for hydroxylation is 1. The number of anilines is 2. The Hall–Kier alpha value is -2.68. The molecular formula is C11H15N7O2. The number of nitrogens with one attached hydrogen (secondary N) is 1. The third-order valence-corrected chi connectivity index (χ3v) is 2.85. The third kappa shape index (κ3) is 2.83. The Bertz CT molecular complexity index is 625. The first-order valence-electron chi connectivity index (χ1n) is 5.81. The minimum Gasteiger partial charge on any atom is -0.352 e. The van der Waals surface area contributed by atoms with Crippen LogP contribution in [0.4, 0.5) is 17.3 Å². The highest BCUT2D eigenvalue weighted by atomic mass is 16.6. The van der Waals surface area contributed by atoms with E-state index in [0.717, 1.165) is 5.82 Å². The minimum atomic E-state index is -0.485. The average molecular weight is 277 g/mol. The van der Waals surface area contributed by atoms with Crippen LogP contribution in [0, 0.1) is 10.1 Å². The molecule has 9 heteroatoms. The van der Waals surface area contributed by atoms with E-state index < -0.39 is 4.92 Å². The molecule has 0 fully saturated rings. The number of nitro groups is 1. The summed E-state index contributed by atoms with van der Waals surface area (Å²) in [5.74, 6) is 6.78. The molecule has 2 aromatic rings. The number of nitrogen functional groups attached to an aromatic ring is 1. The lowest BCUT2D eigenvalue weighted by atomic mass is 10.3. The zero-order valence-electron chi connectivity index (χ0n) is 11.1. The molecule has 0 saturated heterocycles. The molecule has 0 amide bonds. The Morgan fingerprint density at radius 3 is 2.85 bits per heavy atom. The summed E-state index contributed by atoms with van der Waals surface area (Å²) >= 11 is 0. The van der Waals surface area contributed by atoms with Gasteiger partial charge in [0.25, 0.3) is 5.69 Å². The number of hydrogen-bond donors (Lipinski definition) is 2. The molecule has 20 heavy (non-hydrogen) atoms. The van der Waals surface area contributed by atoms with Crippen molar-refractivity contribution in [1.29, 1.82) is 0 Å². The molecule has 0 unspecified atom stereocenters. The van der Waals surface area contributed by atoms with Crippen LogP contribution < -0.4 is 16.2 Å². The molecule has 0 bridgehead atoms. The zero-order chi connectivity index (χ0) is 14.7. The highest BCUT2D eigenvalue weighted by Gasteiger charge is 2.14. The smallest absolute Gasteiger partial charge is 0.276 e. The maximum atomic E-state index is 10.9. The molecule has 2 aromatic heterocycles. The number of hydrogen-bond acceptors (Lipinski definition) is 7. The maximum absolute atomic E-state index is 10.9. The standard InChI is InChI=1S/C11H15N7O2/c1-16-4-3-13-11(16)7-17(2)10-6-8(18(19)20)5-9(14-10)15-12/h3-6H,7,12H2,1-2H3,(H,14,15). The summed E-state index contributed by atoms with van der Waals surface area (Å²) in [4.78, 5) is 20.6. The average Bonchev–Trinajstić information content (AvgIpc) is 2.83. The molecule has 2 heterocycles. The molecule has 0 aromatic carbocycles. The van der Waals surface area contributed by atoms with Gasteiger partial charge < -0.3 is 14.9 Å². The van der Waals surface area contributed by atoms with Crippen molar-refractivity contribution in [2.24, 2.45) is 12.9 Å². The Morgan fingerprint density at radius 1 is 1.55 bits per heavy atom. The van der Waals surface area contributed by atoms with E-state index in [1.807, 2.05) is 17.8 Å². The predicted molar refractivity (Wildman–Crippen MR) is 74.0 cm³/mol. The number of nitrogens with two attached hydrogens (primary N) is 1. The van der Waals surface area contributed by atoms with Gasteiger partial charge >= 0.3 is 0 Å². The molecule has 0 aliphatic rings. The predicted octanol–water partition coefficient (Wildman–Crippen LogP) is 0.645. The molecular weight excluding hydrogens is 262 g/mol. The van der Waals surface area contributed by atoms with Crippen LogP contribution in [-0.4, -0.2) is 26.5 Å². The van der Waals surface area contributed by atoms with Gasteiger partial charge in [-0.3, -0.25) is 10.1 Å². The van der Waals surface area contributed by atoms with E-state index in [-0.39, 0.29) is 11.5 Å². The van der Waals surface area contributed by atoms with E-state index in [2.05, 4.69) is 15.4 Å². The lowest BCUT2D eigenvalue weighted by Crippen LogP contribution is -2.21. The maximum Gasteiger partial charge on any atom is 0.276 e. The molecule has 0 atom stereocenters. The second-order valence-corrected chi connectivity index (χ2v) is 4.28. The second-order valence-electron chi connectivity index (χ2n) is 4.28. The number of rotatable bonds is 5. The van der Waals surface area contributed by atoms with E-state index in [0.29, 0.717) is 12.4 Å². The van der Waals surface area contributed by atoms with Crippen molar-refractivity contribution >= 4 is 17.3 Å². The summed E-state index contributed by atoms with van der Waals surface area (Å²) < 4.78 is 1.87. The van der Waals surface area contributed by atoms with Gasteiger partial charge in [-0.05, 0) is 0 Å². The first-order valence-corrected chi connectivity index (χ1v) is 5.81. The number of aromatic nitrogens is 3. The Labute approximate surface area is 115 Å². The minimum absolute atomic E-state index is 0.0744. The van der Waals surface area contributed by atoms with Crippen LogP contribution in [0.5, 0.6) is 0 Å². The van der Waals surface area contributed by atoms with Gasteiger partial charge in [0.1, 0.15) is 17.5 Å². The van der Waals surface area contributed by atoms with E-state index in [1.54, 1.807) is 18.1 Å². The highest BCUT2D eigenvalue weighted by Crippen LogP contribution is 2.22. The molecule has 0 radical (unpaired) electrons. The molecule has 9 nitrogen and oxygen atoms in total. The highest BCUT2D eigenvalue weighted by molar-refractivity contribution is 5.55. The molecule has 0 aliphatic carbocycles. The van der Waals surface area contributed by atoms with Crippen LogP contribution in [0.15, 0.2) is 24.5 Å². The lowest BCUT2D eigenvalue weighted by molar-refractivity contribution is -0.384. The topological polar surface area (TPSA) is 115 Å². The van der Waals surface area contributed by atoms with Crippen LogP contribution >= 0.6 is 0 Å². The van der Waals surface area contributed by atoms with Gasteiger partial charge in [0.2, 0.25) is 0 Å². The summed E-state index contributed by atoms with van der Waals surface area (Å²) in [6, 6.07) is 2.67. The number of imidazole rings is 1. The fourth-order valence-electron chi connectivity index (χ4n) is 1.72. The summed E-state index contributed by atoms with van der Waals surface area (Å²) in [5, 5.41) is 10.9. The van der Waals surface area contributed by atoms with E-state index >= 15 is 0 Å². The molecule has 0 aliphatic heterocycles. The van der Waals surface area contributed by atoms with Crippen molar-refractivity contribution < 1.29 is 4.92 Å². The Morgan fingerprint density at radius 2 is 2.30 bits per heavy atom. The van der Waals surface area contributed by atoms with Crippen molar-refractivity contribution in [1.82, 2.24) is 14.5 Å². The number of nitrogens with zero attached hydrogens (tertiary/aromatic N) is 5. The fraction of sp³-hybridized carbons (Fsp3) is 0.273. The van der Waals surface area contributed by atoms with Gasteiger partial charge in [-0.15, -0.1) is 0 Å². The quantitative estimate of drug-likeness (QED) is 0.468. The molecule has 2 rings (SSSR count). The fourth-order valence-corrected chi connectivity index (χ4v) is 1.72. The van der Waals surface area contributed by atoms with Gasteiger partial charge in [-0.25, -0.2) is 15.8 Å². The number of pyridine rings is 1. The summed E-state index contributed by atoms with van der Waals surface area (Å²) in [7, 11) is 3.66. The zero-order valence-corrected chi connectivity index (χ0v) is 11.1. The second kappa shape index (κ2) is 5.53. The number of hydrazine groups is 1. The Kier molecular flexibility index (Phi) is 3.80. The summed E-state index contributed by atoms with van der Waals surface area (Å²) in [6.07, 6.45) is 3.52. The third-order valence-electron chi connectivity index (χ3n) is 2.85. The SMILES string of the molecule is CN(Cc1nccn1C)c1cc([N+](=O)[O-])cc(NN)n1. The van der Waals surface area contributed by atoms with Gasteiger partial charge in [0.15, 0.2) is 0 Å².